The third kappa shape index (κ3) is 11.0. The molecule has 1 saturated heterocycles. The molecule has 9 atom stereocenters. The summed E-state index contributed by atoms with van der Waals surface area (Å²) < 4.78 is 11.5. The van der Waals surface area contributed by atoms with E-state index in [-0.39, 0.29) is 48.3 Å². The first kappa shape index (κ1) is 45.0. The van der Waals surface area contributed by atoms with E-state index in [9.17, 15) is 29.1 Å². The quantitative estimate of drug-likeness (QED) is 0.401. The van der Waals surface area contributed by atoms with E-state index in [0.717, 1.165) is 10.6 Å². The number of amides is 3. The Bertz CT molecular complexity index is 1660. The molecule has 1 unspecified atom stereocenters. The highest BCUT2D eigenvalue weighted by molar-refractivity contribution is 8.14. The van der Waals surface area contributed by atoms with Gasteiger partial charge in [0, 0.05) is 44.6 Å². The highest BCUT2D eigenvalue weighted by Crippen LogP contribution is 2.34. The number of nitrogens with zero attached hydrogens (tertiary/aromatic N) is 4. The number of ketones is 1. The molecule has 3 amide bonds. The number of fused-ring (bicyclic) bond motifs is 2. The highest BCUT2D eigenvalue weighted by Gasteiger charge is 2.42. The molecule has 1 aromatic carbocycles. The number of carbonyl (C=O) groups excluding carboxylic acids is 5. The van der Waals surface area contributed by atoms with Crippen LogP contribution in [0.3, 0.4) is 0 Å². The van der Waals surface area contributed by atoms with Crippen LogP contribution in [0, 0.1) is 23.2 Å². The third-order valence-electron chi connectivity index (χ3n) is 11.8. The first-order valence-corrected chi connectivity index (χ1v) is 21.0. The standard InChI is InChI=1S/C43H64N4O8S/c1-25-19-36(49)27(3)38-44-32(24-56-38)21-26(2)35(48)23-31(22-30-14-16-33(54-11)17-15-30)41(52)46(10)28(4)39(50)45(9)29(5)40(51)47-18-12-13-34(47)42(53)55-37(20-25)43(6,7)8/h14-17,21,25,27-29,31-32,34,36-37,49H,12-13,18-20,22-24H2,1-11H3/b26-21+/t25-,27+,28-,29?,31+,32-,34-,36-,37-/m0/s1. The molecule has 3 aliphatic heterocycles. The van der Waals surface area contributed by atoms with E-state index in [4.69, 9.17) is 14.5 Å². The van der Waals surface area contributed by atoms with Crippen molar-refractivity contribution < 1.29 is 38.6 Å². The van der Waals surface area contributed by atoms with Crippen molar-refractivity contribution in [2.45, 2.75) is 130 Å². The molecular formula is C43H64N4O8S. The van der Waals surface area contributed by atoms with Gasteiger partial charge in [-0.3, -0.25) is 24.2 Å². The molecule has 0 aliphatic carbocycles. The number of likely N-dealkylation sites (N-methyl/N-ethyl adjacent to an activating group) is 2. The largest absolute Gasteiger partial charge is 0.497 e. The second-order valence-corrected chi connectivity index (χ2v) is 18.3. The predicted octanol–water partition coefficient (Wildman–Crippen LogP) is 5.34. The summed E-state index contributed by atoms with van der Waals surface area (Å²) in [5.74, 6) is -1.53. The number of hydrogen-bond acceptors (Lipinski definition) is 10. The molecule has 3 heterocycles. The molecule has 0 radical (unpaired) electrons. The summed E-state index contributed by atoms with van der Waals surface area (Å²) >= 11 is 1.58. The van der Waals surface area contributed by atoms with Crippen molar-refractivity contribution in [3.8, 4) is 5.75 Å². The minimum atomic E-state index is -0.947. The number of allylic oxidation sites excluding steroid dienone is 1. The van der Waals surface area contributed by atoms with Crippen LogP contribution in [-0.2, 0) is 35.1 Å². The molecule has 2 bridgehead atoms. The van der Waals surface area contributed by atoms with Crippen molar-refractivity contribution in [3.63, 3.8) is 0 Å². The number of aliphatic hydroxyl groups is 1. The lowest BCUT2D eigenvalue weighted by atomic mass is 9.81. The molecule has 1 fully saturated rings. The maximum Gasteiger partial charge on any atom is 0.329 e. The zero-order valence-corrected chi connectivity index (χ0v) is 36.1. The lowest BCUT2D eigenvalue weighted by Crippen LogP contribution is -2.55. The van der Waals surface area contributed by atoms with E-state index in [2.05, 4.69) is 0 Å². The molecule has 12 nitrogen and oxygen atoms in total. The Kier molecular flexibility index (Phi) is 15.4. The van der Waals surface area contributed by atoms with Crippen molar-refractivity contribution in [3.05, 3.63) is 41.5 Å². The number of cyclic esters (lactones) is 1. The van der Waals surface area contributed by atoms with Crippen LogP contribution in [0.25, 0.3) is 0 Å². The van der Waals surface area contributed by atoms with Gasteiger partial charge in [-0.05, 0) is 87.5 Å². The second kappa shape index (κ2) is 19.2. The molecular weight excluding hydrogens is 733 g/mol. The van der Waals surface area contributed by atoms with E-state index in [1.165, 1.54) is 21.7 Å². The number of methoxy groups -OCH3 is 1. The first-order chi connectivity index (χ1) is 26.2. The summed E-state index contributed by atoms with van der Waals surface area (Å²) in [5.41, 5.74) is 0.940. The number of esters is 1. The van der Waals surface area contributed by atoms with E-state index < -0.39 is 53.5 Å². The minimum absolute atomic E-state index is 0.0104. The number of carbonyl (C=O) groups is 5. The monoisotopic (exact) mass is 796 g/mol. The zero-order valence-electron chi connectivity index (χ0n) is 35.2. The van der Waals surface area contributed by atoms with Crippen molar-refractivity contribution in [2.75, 3.05) is 33.5 Å². The lowest BCUT2D eigenvalue weighted by Gasteiger charge is -2.36. The van der Waals surface area contributed by atoms with Crippen molar-refractivity contribution in [1.29, 1.82) is 0 Å². The summed E-state index contributed by atoms with van der Waals surface area (Å²) in [6, 6.07) is 4.42. The number of hydrogen-bond donors (Lipinski definition) is 1. The van der Waals surface area contributed by atoms with Gasteiger partial charge in [-0.15, -0.1) is 11.8 Å². The van der Waals surface area contributed by atoms with E-state index in [1.807, 2.05) is 52.8 Å². The summed E-state index contributed by atoms with van der Waals surface area (Å²) in [5, 5.41) is 12.2. The van der Waals surface area contributed by atoms with Gasteiger partial charge < -0.3 is 29.3 Å². The van der Waals surface area contributed by atoms with Crippen LogP contribution in [0.2, 0.25) is 0 Å². The fraction of sp³-hybridized carbons (Fsp3) is 0.674. The first-order valence-electron chi connectivity index (χ1n) is 20.0. The Balaban J connectivity index is 1.68. The number of rotatable bonds is 3. The van der Waals surface area contributed by atoms with E-state index in [1.54, 1.807) is 58.8 Å². The summed E-state index contributed by atoms with van der Waals surface area (Å²) in [4.78, 5) is 78.9. The number of thioether (sulfide) groups is 1. The van der Waals surface area contributed by atoms with Crippen LogP contribution >= 0.6 is 11.8 Å². The van der Waals surface area contributed by atoms with Crippen molar-refractivity contribution in [1.82, 2.24) is 14.7 Å². The highest BCUT2D eigenvalue weighted by atomic mass is 32.2. The molecule has 1 N–H and O–H groups in total. The van der Waals surface area contributed by atoms with Gasteiger partial charge in [-0.25, -0.2) is 4.79 Å². The summed E-state index contributed by atoms with van der Waals surface area (Å²) in [6.07, 6.45) is 2.97. The van der Waals surface area contributed by atoms with Crippen molar-refractivity contribution in [2.24, 2.45) is 28.2 Å². The van der Waals surface area contributed by atoms with Gasteiger partial charge in [0.05, 0.1) is 24.3 Å². The molecule has 0 saturated carbocycles. The van der Waals surface area contributed by atoms with Gasteiger partial charge in [0.1, 0.15) is 30.0 Å². The fourth-order valence-electron chi connectivity index (χ4n) is 7.65. The smallest absolute Gasteiger partial charge is 0.329 e. The molecule has 13 heteroatoms. The van der Waals surface area contributed by atoms with Crippen LogP contribution in [0.15, 0.2) is 40.9 Å². The Morgan fingerprint density at radius 3 is 2.18 bits per heavy atom. The average Bonchev–Trinajstić information content (AvgIpc) is 3.85. The lowest BCUT2D eigenvalue weighted by molar-refractivity contribution is -0.165. The molecule has 3 aliphatic rings. The van der Waals surface area contributed by atoms with Crippen LogP contribution in [0.4, 0.5) is 0 Å². The maximum atomic E-state index is 14.3. The van der Waals surface area contributed by atoms with Crippen LogP contribution in [0.1, 0.15) is 93.1 Å². The summed E-state index contributed by atoms with van der Waals surface area (Å²) in [7, 11) is 4.65. The van der Waals surface area contributed by atoms with Crippen LogP contribution < -0.4 is 4.74 Å². The van der Waals surface area contributed by atoms with Gasteiger partial charge in [0.25, 0.3) is 0 Å². The summed E-state index contributed by atoms with van der Waals surface area (Å²) in [6.45, 7) is 15.4. The van der Waals surface area contributed by atoms with Crippen molar-refractivity contribution >= 4 is 46.3 Å². The van der Waals surface area contributed by atoms with Gasteiger partial charge in [0.15, 0.2) is 5.78 Å². The third-order valence-corrected chi connectivity index (χ3v) is 13.1. The molecule has 0 spiro atoms. The maximum absolute atomic E-state index is 14.3. The molecule has 1 aromatic rings. The minimum Gasteiger partial charge on any atom is -0.497 e. The SMILES string of the molecule is COc1ccc(C[C@@H]2CC(=O)/C(C)=C/[C@H]3CSC(=N3)[C@H](C)[C@@H](O)C[C@H](C)C[C@@H](C(C)(C)C)OC(=O)[C@@H]3CCCN3C(=O)C(C)N(C)C(=O)[C@H](C)N(C)C2=O)cc1. The second-order valence-electron chi connectivity index (χ2n) is 17.2. The van der Waals surface area contributed by atoms with Gasteiger partial charge in [-0.2, -0.15) is 0 Å². The van der Waals surface area contributed by atoms with Gasteiger partial charge in [-0.1, -0.05) is 52.8 Å². The number of benzene rings is 1. The Morgan fingerprint density at radius 2 is 1.55 bits per heavy atom. The van der Waals surface area contributed by atoms with Crippen LogP contribution in [0.5, 0.6) is 5.75 Å². The van der Waals surface area contributed by atoms with Crippen LogP contribution in [-0.4, -0.2) is 124 Å². The Morgan fingerprint density at radius 1 is 0.929 bits per heavy atom. The van der Waals surface area contributed by atoms with Gasteiger partial charge in [0.2, 0.25) is 17.7 Å². The Labute approximate surface area is 337 Å². The normalized spacial score (nSPS) is 32.2. The van der Waals surface area contributed by atoms with E-state index >= 15 is 0 Å². The Hall–Kier alpha value is -3.71. The van der Waals surface area contributed by atoms with E-state index in [0.29, 0.717) is 49.3 Å². The molecule has 4 rings (SSSR count). The van der Waals surface area contributed by atoms with Gasteiger partial charge >= 0.3 is 5.97 Å². The number of ether oxygens (including phenoxy) is 2. The topological polar surface area (TPSA) is 146 Å². The average molecular weight is 797 g/mol. The number of aliphatic imine (C=N–C) groups is 1. The molecule has 56 heavy (non-hydrogen) atoms. The predicted molar refractivity (Wildman–Crippen MR) is 219 cm³/mol. The fourth-order valence-corrected chi connectivity index (χ4v) is 8.80. The number of aliphatic hydroxyl groups excluding tert-OH is 1. The zero-order chi connectivity index (χ0) is 41.6. The molecule has 310 valence electrons. The molecule has 0 aromatic heterocycles. The number of Topliss-reactive ketones (excluding diaryl/α,β-unsaturated/α-hetero) is 1.